The molecule has 1 atom stereocenters. The van der Waals surface area contributed by atoms with Crippen LogP contribution in [0.25, 0.3) is 11.5 Å². The van der Waals surface area contributed by atoms with Crippen molar-refractivity contribution in [3.63, 3.8) is 0 Å². The Hall–Kier alpha value is -3.46. The Labute approximate surface area is 193 Å². The molecule has 0 saturated carbocycles. The predicted octanol–water partition coefficient (Wildman–Crippen LogP) is 2.91. The average molecular weight is 448 g/mol. The predicted molar refractivity (Wildman–Crippen MR) is 127 cm³/mol. The maximum atomic E-state index is 13.2. The number of fused-ring (bicyclic) bond motifs is 5. The second-order valence-electron chi connectivity index (χ2n) is 8.75. The molecule has 0 aliphatic carbocycles. The van der Waals surface area contributed by atoms with Crippen molar-refractivity contribution in [3.8, 4) is 17.3 Å². The van der Waals surface area contributed by atoms with Gasteiger partial charge in [-0.3, -0.25) is 4.79 Å². The van der Waals surface area contributed by atoms with E-state index >= 15 is 0 Å². The number of carbonyl (C=O) groups excluding carboxylic acids is 1. The number of pyridine rings is 1. The number of aromatic nitrogens is 4. The van der Waals surface area contributed by atoms with Gasteiger partial charge in [0.2, 0.25) is 0 Å². The van der Waals surface area contributed by atoms with Crippen LogP contribution in [0.15, 0.2) is 42.7 Å². The molecule has 0 spiro atoms. The molecule has 0 radical (unpaired) electrons. The fourth-order valence-electron chi connectivity index (χ4n) is 4.52. The second-order valence-corrected chi connectivity index (χ2v) is 8.75. The molecule has 0 unspecified atom stereocenters. The van der Waals surface area contributed by atoms with Gasteiger partial charge in [0.1, 0.15) is 23.6 Å². The van der Waals surface area contributed by atoms with Gasteiger partial charge in [-0.2, -0.15) is 0 Å². The van der Waals surface area contributed by atoms with Crippen molar-refractivity contribution in [1.82, 2.24) is 24.6 Å². The summed E-state index contributed by atoms with van der Waals surface area (Å²) in [5.74, 6) is 1.52. The monoisotopic (exact) mass is 447 g/mol. The molecule has 9 heteroatoms. The minimum atomic E-state index is -0.244. The highest BCUT2D eigenvalue weighted by atomic mass is 16.5. The molecule has 1 N–H and O–H groups in total. The lowest BCUT2D eigenvalue weighted by Crippen LogP contribution is -2.50. The smallest absolute Gasteiger partial charge is 0.260 e. The van der Waals surface area contributed by atoms with E-state index < -0.39 is 0 Å². The van der Waals surface area contributed by atoms with Crippen LogP contribution in [0.4, 0.5) is 11.5 Å². The highest BCUT2D eigenvalue weighted by Gasteiger charge is 2.24. The normalized spacial score (nSPS) is 19.6. The number of hydrogen-bond acceptors (Lipinski definition) is 7. The van der Waals surface area contributed by atoms with Gasteiger partial charge in [-0.15, -0.1) is 10.2 Å². The molecule has 2 aliphatic rings. The first-order chi connectivity index (χ1) is 16.1. The number of nitrogens with one attached hydrogen (secondary N) is 1. The lowest BCUT2D eigenvalue weighted by atomic mass is 10.1. The van der Waals surface area contributed by atoms with Gasteiger partial charge < -0.3 is 24.4 Å². The van der Waals surface area contributed by atoms with Crippen molar-refractivity contribution in [2.45, 2.75) is 32.4 Å². The number of aryl methyl sites for hydroxylation is 1. The molecule has 172 valence electrons. The lowest BCUT2D eigenvalue weighted by Gasteiger charge is -2.40. The first-order valence-electron chi connectivity index (χ1n) is 11.5. The number of rotatable bonds is 1. The molecular weight excluding hydrogens is 418 g/mol. The molecule has 4 heterocycles. The van der Waals surface area contributed by atoms with E-state index in [2.05, 4.69) is 44.3 Å². The topological polar surface area (TPSA) is 88.4 Å². The van der Waals surface area contributed by atoms with E-state index in [1.165, 1.54) is 0 Å². The summed E-state index contributed by atoms with van der Waals surface area (Å²) < 4.78 is 8.14. The van der Waals surface area contributed by atoms with Crippen molar-refractivity contribution in [3.05, 3.63) is 48.3 Å². The number of amides is 1. The first-order valence-corrected chi connectivity index (χ1v) is 11.5. The summed E-state index contributed by atoms with van der Waals surface area (Å²) >= 11 is 0. The van der Waals surface area contributed by atoms with Crippen LogP contribution in [-0.4, -0.2) is 69.9 Å². The number of hydrogen-bond donors (Lipinski definition) is 1. The molecule has 3 aromatic rings. The maximum absolute atomic E-state index is 13.2. The molecule has 2 aromatic heterocycles. The van der Waals surface area contributed by atoms with E-state index in [9.17, 15) is 4.79 Å². The van der Waals surface area contributed by atoms with Crippen molar-refractivity contribution in [1.29, 1.82) is 0 Å². The Morgan fingerprint density at radius 3 is 2.91 bits per heavy atom. The summed E-state index contributed by atoms with van der Waals surface area (Å²) in [6.45, 7) is 6.49. The molecule has 5 rings (SSSR count). The minimum Gasteiger partial charge on any atom is -0.493 e. The van der Waals surface area contributed by atoms with Gasteiger partial charge in [0.05, 0.1) is 12.2 Å². The van der Waals surface area contributed by atoms with Gasteiger partial charge in [-0.05, 0) is 51.1 Å². The first kappa shape index (κ1) is 21.4. The van der Waals surface area contributed by atoms with E-state index in [1.54, 1.807) is 12.4 Å². The molecule has 2 aliphatic heterocycles. The third-order valence-corrected chi connectivity index (χ3v) is 6.26. The highest BCUT2D eigenvalue weighted by molar-refractivity contribution is 6.06. The second kappa shape index (κ2) is 9.19. The van der Waals surface area contributed by atoms with Crippen molar-refractivity contribution < 1.29 is 9.53 Å². The minimum absolute atomic E-state index is 0.244. The van der Waals surface area contributed by atoms with E-state index in [0.717, 1.165) is 44.7 Å². The van der Waals surface area contributed by atoms with E-state index in [0.29, 0.717) is 41.3 Å². The zero-order chi connectivity index (χ0) is 22.8. The lowest BCUT2D eigenvalue weighted by molar-refractivity contribution is 0.102. The Balaban J connectivity index is 1.46. The van der Waals surface area contributed by atoms with Crippen molar-refractivity contribution in [2.75, 3.05) is 43.5 Å². The fraction of sp³-hybridized carbons (Fsp3) is 0.417. The molecular formula is C24H29N7O2. The van der Waals surface area contributed by atoms with E-state index in [4.69, 9.17) is 4.74 Å². The summed E-state index contributed by atoms with van der Waals surface area (Å²) in [6, 6.07) is 11.8. The molecule has 1 fully saturated rings. The van der Waals surface area contributed by atoms with E-state index in [-0.39, 0.29) is 5.91 Å². The van der Waals surface area contributed by atoms with Gasteiger partial charge in [0.15, 0.2) is 5.82 Å². The zero-order valence-corrected chi connectivity index (χ0v) is 19.1. The average Bonchev–Trinajstić information content (AvgIpc) is 3.27. The van der Waals surface area contributed by atoms with Gasteiger partial charge in [0, 0.05) is 44.0 Å². The molecule has 33 heavy (non-hydrogen) atoms. The number of piperazine rings is 1. The SMILES string of the molecule is C[C@@H]1CN(C)CCN1c1ccc2c(c1)OCCCCn1cnnc1-c1cccc(n1)NC2=O. The molecule has 1 amide bonds. The number of nitrogens with zero attached hydrogens (tertiary/aromatic N) is 6. The largest absolute Gasteiger partial charge is 0.493 e. The van der Waals surface area contributed by atoms with E-state index in [1.807, 2.05) is 34.9 Å². The van der Waals surface area contributed by atoms with Gasteiger partial charge >= 0.3 is 0 Å². The van der Waals surface area contributed by atoms with Gasteiger partial charge in [-0.1, -0.05) is 6.07 Å². The van der Waals surface area contributed by atoms with Crippen LogP contribution in [0.3, 0.4) is 0 Å². The van der Waals surface area contributed by atoms with Gasteiger partial charge in [-0.25, -0.2) is 4.98 Å². The summed E-state index contributed by atoms with van der Waals surface area (Å²) in [6.07, 6.45) is 3.47. The number of anilines is 2. The molecule has 1 saturated heterocycles. The third kappa shape index (κ3) is 4.54. The summed E-state index contributed by atoms with van der Waals surface area (Å²) in [5.41, 5.74) is 2.27. The van der Waals surface area contributed by atoms with Crippen LogP contribution < -0.4 is 15.0 Å². The number of ether oxygens (including phenoxy) is 1. The van der Waals surface area contributed by atoms with Crippen molar-refractivity contribution >= 4 is 17.4 Å². The van der Waals surface area contributed by atoms with Crippen LogP contribution in [0.2, 0.25) is 0 Å². The zero-order valence-electron chi connectivity index (χ0n) is 19.1. The molecule has 9 nitrogen and oxygen atoms in total. The number of benzene rings is 1. The number of carbonyl (C=O) groups is 1. The van der Waals surface area contributed by atoms with Crippen LogP contribution in [0.1, 0.15) is 30.1 Å². The number of likely N-dealkylation sites (N-methyl/N-ethyl adjacent to an activating group) is 1. The third-order valence-electron chi connectivity index (χ3n) is 6.26. The van der Waals surface area contributed by atoms with Crippen LogP contribution in [-0.2, 0) is 6.54 Å². The Morgan fingerprint density at radius 2 is 2.03 bits per heavy atom. The quantitative estimate of drug-likeness (QED) is 0.614. The Bertz CT molecular complexity index is 1150. The Morgan fingerprint density at radius 1 is 1.12 bits per heavy atom. The van der Waals surface area contributed by atoms with Gasteiger partial charge in [0.25, 0.3) is 5.91 Å². The maximum Gasteiger partial charge on any atom is 0.260 e. The summed E-state index contributed by atoms with van der Waals surface area (Å²) in [5, 5.41) is 11.2. The van der Waals surface area contributed by atoms with Crippen LogP contribution in [0.5, 0.6) is 5.75 Å². The Kier molecular flexibility index (Phi) is 5.95. The standard InChI is InChI=1S/C24H29N7O2/c1-17-15-29(2)11-12-31(17)18-8-9-19-21(14-18)33-13-4-3-10-30-16-25-28-23(30)20-6-5-7-22(26-20)27-24(19)32/h5-9,14,16-17H,3-4,10-13,15H2,1-2H3,(H,26,27,32)/t17-/m1/s1. The summed E-state index contributed by atoms with van der Waals surface area (Å²) in [7, 11) is 2.15. The van der Waals surface area contributed by atoms with Crippen LogP contribution >= 0.6 is 0 Å². The highest BCUT2D eigenvalue weighted by Crippen LogP contribution is 2.29. The molecule has 1 aromatic carbocycles. The summed E-state index contributed by atoms with van der Waals surface area (Å²) in [4.78, 5) is 22.5. The van der Waals surface area contributed by atoms with Crippen LogP contribution in [0, 0.1) is 0 Å². The van der Waals surface area contributed by atoms with Crippen molar-refractivity contribution in [2.24, 2.45) is 0 Å². The molecule has 2 bridgehead atoms. The fourth-order valence-corrected chi connectivity index (χ4v) is 4.52.